The summed E-state index contributed by atoms with van der Waals surface area (Å²) in [6, 6.07) is 3.49. The summed E-state index contributed by atoms with van der Waals surface area (Å²) >= 11 is 0. The van der Waals surface area contributed by atoms with Crippen molar-refractivity contribution in [3.63, 3.8) is 0 Å². The standard InChI is InChI=1S/C6H4N4O/c11-4-10-6-5(8-9-10)2-1-3-7-6/h1-4H. The molecule has 2 heterocycles. The minimum atomic E-state index is 0.488. The molecule has 5 heteroatoms. The van der Waals surface area contributed by atoms with Crippen LogP contribution in [0.15, 0.2) is 18.3 Å². The van der Waals surface area contributed by atoms with Crippen molar-refractivity contribution in [1.29, 1.82) is 0 Å². The predicted molar refractivity (Wildman–Crippen MR) is 37.5 cm³/mol. The van der Waals surface area contributed by atoms with Gasteiger partial charge in [-0.1, -0.05) is 5.21 Å². The lowest BCUT2D eigenvalue weighted by atomic mass is 10.4. The SMILES string of the molecule is O=Cn1nnc2cccnc21. The molecule has 0 unspecified atom stereocenters. The Balaban J connectivity index is 2.86. The van der Waals surface area contributed by atoms with E-state index in [1.165, 1.54) is 0 Å². The van der Waals surface area contributed by atoms with Gasteiger partial charge in [0.15, 0.2) is 5.65 Å². The third-order valence-corrected chi connectivity index (χ3v) is 1.33. The lowest BCUT2D eigenvalue weighted by Crippen LogP contribution is -1.97. The molecule has 0 aliphatic rings. The highest BCUT2D eigenvalue weighted by atomic mass is 16.1. The summed E-state index contributed by atoms with van der Waals surface area (Å²) in [5.74, 6) is 0. The third kappa shape index (κ3) is 0.778. The van der Waals surface area contributed by atoms with E-state index in [-0.39, 0.29) is 0 Å². The van der Waals surface area contributed by atoms with Crippen LogP contribution in [-0.4, -0.2) is 26.4 Å². The number of aromatic nitrogens is 4. The number of rotatable bonds is 1. The van der Waals surface area contributed by atoms with Crippen LogP contribution in [0.4, 0.5) is 0 Å². The molecule has 2 rings (SSSR count). The Labute approximate surface area is 61.7 Å². The first kappa shape index (κ1) is 5.96. The van der Waals surface area contributed by atoms with Crippen molar-refractivity contribution in [3.8, 4) is 0 Å². The van der Waals surface area contributed by atoms with Crippen LogP contribution in [0.2, 0.25) is 0 Å². The van der Waals surface area contributed by atoms with Crippen LogP contribution in [0.1, 0.15) is 0 Å². The summed E-state index contributed by atoms with van der Waals surface area (Å²) in [5, 5.41) is 7.26. The monoisotopic (exact) mass is 148 g/mol. The average molecular weight is 148 g/mol. The van der Waals surface area contributed by atoms with Crippen molar-refractivity contribution in [2.45, 2.75) is 0 Å². The number of fused-ring (bicyclic) bond motifs is 1. The van der Waals surface area contributed by atoms with Gasteiger partial charge in [-0.25, -0.2) is 4.98 Å². The molecule has 2 aromatic heterocycles. The first-order valence-corrected chi connectivity index (χ1v) is 3.03. The molecule has 54 valence electrons. The van der Waals surface area contributed by atoms with Gasteiger partial charge in [0.25, 0.3) is 0 Å². The maximum absolute atomic E-state index is 10.3. The van der Waals surface area contributed by atoms with Gasteiger partial charge in [0, 0.05) is 6.20 Å². The van der Waals surface area contributed by atoms with E-state index in [9.17, 15) is 4.79 Å². The molecular formula is C6H4N4O. The molecule has 0 saturated carbocycles. The average Bonchev–Trinajstić information content (AvgIpc) is 2.47. The van der Waals surface area contributed by atoms with Crippen LogP contribution >= 0.6 is 0 Å². The maximum atomic E-state index is 10.3. The van der Waals surface area contributed by atoms with Crippen molar-refractivity contribution >= 4 is 17.6 Å². The molecule has 0 atom stereocenters. The summed E-state index contributed by atoms with van der Waals surface area (Å²) < 4.78 is 1.09. The Bertz CT molecular complexity index is 394. The Kier molecular flexibility index (Phi) is 1.15. The molecule has 0 fully saturated rings. The van der Waals surface area contributed by atoms with Crippen LogP contribution in [-0.2, 0) is 4.79 Å². The van der Waals surface area contributed by atoms with Crippen LogP contribution in [0, 0.1) is 0 Å². The number of carbonyl (C=O) groups excluding carboxylic acids is 1. The van der Waals surface area contributed by atoms with Gasteiger partial charge in [0.05, 0.1) is 0 Å². The van der Waals surface area contributed by atoms with Gasteiger partial charge in [-0.15, -0.1) is 5.10 Å². The van der Waals surface area contributed by atoms with Crippen molar-refractivity contribution < 1.29 is 4.79 Å². The molecule has 0 aliphatic carbocycles. The molecule has 0 spiro atoms. The van der Waals surface area contributed by atoms with Crippen LogP contribution in [0.25, 0.3) is 11.2 Å². The zero-order valence-electron chi connectivity index (χ0n) is 5.51. The van der Waals surface area contributed by atoms with E-state index >= 15 is 0 Å². The van der Waals surface area contributed by atoms with Gasteiger partial charge in [-0.05, 0) is 12.1 Å². The zero-order valence-corrected chi connectivity index (χ0v) is 5.51. The van der Waals surface area contributed by atoms with Gasteiger partial charge >= 0.3 is 0 Å². The summed E-state index contributed by atoms with van der Waals surface area (Å²) in [4.78, 5) is 14.2. The van der Waals surface area contributed by atoms with Gasteiger partial charge < -0.3 is 0 Å². The highest BCUT2D eigenvalue weighted by Crippen LogP contribution is 2.03. The summed E-state index contributed by atoms with van der Waals surface area (Å²) in [6.07, 6.45) is 2.16. The van der Waals surface area contributed by atoms with E-state index in [1.807, 2.05) is 0 Å². The first-order valence-electron chi connectivity index (χ1n) is 3.03. The fourth-order valence-corrected chi connectivity index (χ4v) is 0.853. The Morgan fingerprint density at radius 3 is 3.27 bits per heavy atom. The van der Waals surface area contributed by atoms with Crippen molar-refractivity contribution in [2.24, 2.45) is 0 Å². The number of pyridine rings is 1. The fraction of sp³-hybridized carbons (Fsp3) is 0. The van der Waals surface area contributed by atoms with Crippen molar-refractivity contribution in [3.05, 3.63) is 18.3 Å². The minimum absolute atomic E-state index is 0.488. The lowest BCUT2D eigenvalue weighted by molar-refractivity contribution is 0.540. The Hall–Kier alpha value is -1.78. The van der Waals surface area contributed by atoms with E-state index < -0.39 is 0 Å². The fourth-order valence-electron chi connectivity index (χ4n) is 0.853. The molecule has 0 aromatic carbocycles. The molecule has 0 saturated heterocycles. The second-order valence-electron chi connectivity index (χ2n) is 1.99. The first-order chi connectivity index (χ1) is 5.42. The van der Waals surface area contributed by atoms with Crippen LogP contribution in [0.5, 0.6) is 0 Å². The lowest BCUT2D eigenvalue weighted by Gasteiger charge is -1.85. The molecule has 0 bridgehead atoms. The molecule has 0 N–H and O–H groups in total. The second-order valence-corrected chi connectivity index (χ2v) is 1.99. The number of carbonyl (C=O) groups is 1. The van der Waals surface area contributed by atoms with Crippen LogP contribution in [0.3, 0.4) is 0 Å². The van der Waals surface area contributed by atoms with Gasteiger partial charge in [0.1, 0.15) is 5.52 Å². The largest absolute Gasteiger partial charge is 0.276 e. The van der Waals surface area contributed by atoms with Gasteiger partial charge in [-0.3, -0.25) is 4.79 Å². The second kappa shape index (κ2) is 2.12. The van der Waals surface area contributed by atoms with Crippen molar-refractivity contribution in [2.75, 3.05) is 0 Å². The summed E-state index contributed by atoms with van der Waals surface area (Å²) in [7, 11) is 0. The molecule has 5 nitrogen and oxygen atoms in total. The van der Waals surface area contributed by atoms with Crippen molar-refractivity contribution in [1.82, 2.24) is 20.0 Å². The summed E-state index contributed by atoms with van der Waals surface area (Å²) in [6.45, 7) is 0. The van der Waals surface area contributed by atoms with E-state index in [4.69, 9.17) is 0 Å². The smallest absolute Gasteiger partial charge is 0.237 e. The van der Waals surface area contributed by atoms with E-state index in [1.54, 1.807) is 18.3 Å². The minimum Gasteiger partial charge on any atom is -0.276 e. The number of hydrogen-bond acceptors (Lipinski definition) is 4. The molecule has 0 radical (unpaired) electrons. The summed E-state index contributed by atoms with van der Waals surface area (Å²) in [5.41, 5.74) is 1.11. The Morgan fingerprint density at radius 1 is 1.55 bits per heavy atom. The topological polar surface area (TPSA) is 60.7 Å². The van der Waals surface area contributed by atoms with Gasteiger partial charge in [0.2, 0.25) is 6.41 Å². The third-order valence-electron chi connectivity index (χ3n) is 1.33. The maximum Gasteiger partial charge on any atom is 0.237 e. The molecular weight excluding hydrogens is 144 g/mol. The highest BCUT2D eigenvalue weighted by molar-refractivity contribution is 5.75. The molecule has 11 heavy (non-hydrogen) atoms. The highest BCUT2D eigenvalue weighted by Gasteiger charge is 2.01. The van der Waals surface area contributed by atoms with Crippen LogP contribution < -0.4 is 0 Å². The van der Waals surface area contributed by atoms with Gasteiger partial charge in [-0.2, -0.15) is 4.68 Å². The number of nitrogens with zero attached hydrogens (tertiary/aromatic N) is 4. The molecule has 0 amide bonds. The van der Waals surface area contributed by atoms with E-state index in [0.29, 0.717) is 17.6 Å². The molecule has 0 aliphatic heterocycles. The van der Waals surface area contributed by atoms with E-state index in [0.717, 1.165) is 4.68 Å². The quantitative estimate of drug-likeness (QED) is 0.528. The zero-order chi connectivity index (χ0) is 7.68. The number of hydrogen-bond donors (Lipinski definition) is 0. The molecule has 2 aromatic rings. The normalized spacial score (nSPS) is 10.2. The Morgan fingerprint density at radius 2 is 2.45 bits per heavy atom. The predicted octanol–water partition coefficient (Wildman–Crippen LogP) is -0.135. The van der Waals surface area contributed by atoms with E-state index in [2.05, 4.69) is 15.3 Å².